The number of hydrogen-bond acceptors (Lipinski definition) is 2. The minimum absolute atomic E-state index is 0.277. The Bertz CT molecular complexity index is 552. The number of rotatable bonds is 2. The minimum Gasteiger partial charge on any atom is -0.308 e. The molecule has 2 amide bonds. The van der Waals surface area contributed by atoms with Crippen LogP contribution >= 0.6 is 12.6 Å². The van der Waals surface area contributed by atoms with E-state index in [4.69, 9.17) is 0 Å². The van der Waals surface area contributed by atoms with E-state index in [-0.39, 0.29) is 6.03 Å². The van der Waals surface area contributed by atoms with Gasteiger partial charge in [0.1, 0.15) is 0 Å². The molecular formula is C14H14N2OS. The van der Waals surface area contributed by atoms with E-state index in [9.17, 15) is 4.79 Å². The average molecular weight is 258 g/mol. The van der Waals surface area contributed by atoms with Crippen molar-refractivity contribution in [2.75, 3.05) is 10.6 Å². The molecule has 2 N–H and O–H groups in total. The molecule has 92 valence electrons. The van der Waals surface area contributed by atoms with Gasteiger partial charge in [-0.15, -0.1) is 12.6 Å². The molecule has 0 aliphatic heterocycles. The molecule has 0 heterocycles. The summed E-state index contributed by atoms with van der Waals surface area (Å²) in [5.74, 6) is 0. The van der Waals surface area contributed by atoms with Crippen molar-refractivity contribution in [2.24, 2.45) is 0 Å². The molecule has 2 aromatic rings. The Morgan fingerprint density at radius 1 is 1.00 bits per heavy atom. The highest BCUT2D eigenvalue weighted by Crippen LogP contribution is 2.18. The van der Waals surface area contributed by atoms with Gasteiger partial charge in [-0.05, 0) is 31.2 Å². The van der Waals surface area contributed by atoms with Gasteiger partial charge in [0, 0.05) is 10.6 Å². The summed E-state index contributed by atoms with van der Waals surface area (Å²) < 4.78 is 0. The largest absolute Gasteiger partial charge is 0.323 e. The number of carbonyl (C=O) groups excluding carboxylic acids is 1. The van der Waals surface area contributed by atoms with E-state index in [2.05, 4.69) is 23.3 Å². The van der Waals surface area contributed by atoms with Crippen LogP contribution < -0.4 is 10.6 Å². The number of para-hydroxylation sites is 1. The van der Waals surface area contributed by atoms with Gasteiger partial charge in [0.2, 0.25) is 0 Å². The first-order chi connectivity index (χ1) is 8.65. The summed E-state index contributed by atoms with van der Waals surface area (Å²) in [6.45, 7) is 2.00. The van der Waals surface area contributed by atoms with E-state index in [0.717, 1.165) is 16.1 Å². The summed E-state index contributed by atoms with van der Waals surface area (Å²) >= 11 is 4.27. The Balaban J connectivity index is 2.01. The van der Waals surface area contributed by atoms with E-state index in [1.165, 1.54) is 0 Å². The fraction of sp³-hybridized carbons (Fsp3) is 0.0714. The van der Waals surface area contributed by atoms with Gasteiger partial charge in [-0.25, -0.2) is 4.79 Å². The first-order valence-electron chi connectivity index (χ1n) is 5.58. The number of hydrogen-bond donors (Lipinski definition) is 3. The number of anilines is 2. The molecule has 0 fully saturated rings. The molecule has 3 nitrogen and oxygen atoms in total. The maximum atomic E-state index is 11.8. The lowest BCUT2D eigenvalue weighted by molar-refractivity contribution is 0.262. The third kappa shape index (κ3) is 3.28. The van der Waals surface area contributed by atoms with Crippen molar-refractivity contribution < 1.29 is 4.79 Å². The quantitative estimate of drug-likeness (QED) is 0.702. The van der Waals surface area contributed by atoms with E-state index in [1.54, 1.807) is 6.07 Å². The molecule has 0 bridgehead atoms. The fourth-order valence-corrected chi connectivity index (χ4v) is 1.72. The van der Waals surface area contributed by atoms with Gasteiger partial charge in [0.05, 0.1) is 5.69 Å². The molecule has 18 heavy (non-hydrogen) atoms. The summed E-state index contributed by atoms with van der Waals surface area (Å²) in [4.78, 5) is 12.5. The monoisotopic (exact) mass is 258 g/mol. The van der Waals surface area contributed by atoms with Crippen LogP contribution in [0.5, 0.6) is 0 Å². The van der Waals surface area contributed by atoms with Crippen molar-refractivity contribution in [1.82, 2.24) is 0 Å². The van der Waals surface area contributed by atoms with Crippen LogP contribution in [-0.2, 0) is 0 Å². The predicted molar refractivity (Wildman–Crippen MR) is 77.5 cm³/mol. The van der Waals surface area contributed by atoms with Crippen LogP contribution in [0.4, 0.5) is 16.2 Å². The highest BCUT2D eigenvalue weighted by Gasteiger charge is 2.04. The number of benzene rings is 2. The molecule has 0 saturated heterocycles. The number of urea groups is 1. The fourth-order valence-electron chi connectivity index (χ4n) is 1.50. The summed E-state index contributed by atoms with van der Waals surface area (Å²) in [7, 11) is 0. The van der Waals surface area contributed by atoms with Crippen LogP contribution in [0.2, 0.25) is 0 Å². The third-order valence-corrected chi connectivity index (χ3v) is 2.85. The lowest BCUT2D eigenvalue weighted by Gasteiger charge is -2.09. The number of aryl methyl sites for hydroxylation is 1. The Kier molecular flexibility index (Phi) is 3.89. The molecule has 0 radical (unpaired) electrons. The van der Waals surface area contributed by atoms with Gasteiger partial charge < -0.3 is 10.6 Å². The molecule has 0 spiro atoms. The first-order valence-corrected chi connectivity index (χ1v) is 6.02. The molecule has 0 unspecified atom stereocenters. The van der Waals surface area contributed by atoms with Crippen molar-refractivity contribution >= 4 is 30.0 Å². The summed E-state index contributed by atoms with van der Waals surface area (Å²) in [6, 6.07) is 14.7. The zero-order valence-corrected chi connectivity index (χ0v) is 10.9. The van der Waals surface area contributed by atoms with Crippen LogP contribution in [-0.4, -0.2) is 6.03 Å². The van der Waals surface area contributed by atoms with E-state index in [0.29, 0.717) is 5.69 Å². The molecule has 2 aromatic carbocycles. The molecular weight excluding hydrogens is 244 g/mol. The predicted octanol–water partition coefficient (Wildman–Crippen LogP) is 3.93. The average Bonchev–Trinajstić information content (AvgIpc) is 2.35. The van der Waals surface area contributed by atoms with Crippen LogP contribution in [0.15, 0.2) is 53.4 Å². The molecule has 4 heteroatoms. The van der Waals surface area contributed by atoms with Gasteiger partial charge in [0.25, 0.3) is 0 Å². The number of thiol groups is 1. The maximum absolute atomic E-state index is 11.8. The van der Waals surface area contributed by atoms with Gasteiger partial charge in [-0.1, -0.05) is 29.8 Å². The zero-order valence-electron chi connectivity index (χ0n) is 9.97. The Labute approximate surface area is 112 Å². The molecule has 0 atom stereocenters. The van der Waals surface area contributed by atoms with Gasteiger partial charge in [0.15, 0.2) is 0 Å². The van der Waals surface area contributed by atoms with Crippen molar-refractivity contribution in [3.05, 3.63) is 54.1 Å². The second-order valence-corrected chi connectivity index (χ2v) is 4.44. The highest BCUT2D eigenvalue weighted by molar-refractivity contribution is 7.80. The van der Waals surface area contributed by atoms with Crippen LogP contribution in [0.1, 0.15) is 5.56 Å². The lowest BCUT2D eigenvalue weighted by atomic mass is 10.2. The SMILES string of the molecule is Cc1ccc(NC(=O)Nc2ccccc2S)cc1. The molecule has 0 aromatic heterocycles. The summed E-state index contributed by atoms with van der Waals surface area (Å²) in [5, 5.41) is 5.51. The number of nitrogens with one attached hydrogen (secondary N) is 2. The number of carbonyl (C=O) groups is 1. The van der Waals surface area contributed by atoms with Gasteiger partial charge in [-0.3, -0.25) is 0 Å². The van der Waals surface area contributed by atoms with Crippen LogP contribution in [0, 0.1) is 6.92 Å². The minimum atomic E-state index is -0.277. The third-order valence-electron chi connectivity index (χ3n) is 2.46. The van der Waals surface area contributed by atoms with Crippen molar-refractivity contribution in [1.29, 1.82) is 0 Å². The van der Waals surface area contributed by atoms with Crippen molar-refractivity contribution in [3.8, 4) is 0 Å². The highest BCUT2D eigenvalue weighted by atomic mass is 32.1. The Hall–Kier alpha value is -1.94. The standard InChI is InChI=1S/C14H14N2OS/c1-10-6-8-11(9-7-10)15-14(17)16-12-4-2-3-5-13(12)18/h2-9,18H,1H3,(H2,15,16,17). The van der Waals surface area contributed by atoms with Gasteiger partial charge >= 0.3 is 6.03 Å². The summed E-state index contributed by atoms with van der Waals surface area (Å²) in [6.07, 6.45) is 0. The normalized spacial score (nSPS) is 9.89. The second kappa shape index (κ2) is 5.60. The summed E-state index contributed by atoms with van der Waals surface area (Å²) in [5.41, 5.74) is 2.60. The second-order valence-electron chi connectivity index (χ2n) is 3.96. The molecule has 2 rings (SSSR count). The van der Waals surface area contributed by atoms with Crippen LogP contribution in [0.25, 0.3) is 0 Å². The zero-order chi connectivity index (χ0) is 13.0. The van der Waals surface area contributed by atoms with E-state index < -0.39 is 0 Å². The lowest BCUT2D eigenvalue weighted by Crippen LogP contribution is -2.19. The van der Waals surface area contributed by atoms with Crippen molar-refractivity contribution in [2.45, 2.75) is 11.8 Å². The van der Waals surface area contributed by atoms with E-state index >= 15 is 0 Å². The van der Waals surface area contributed by atoms with Crippen molar-refractivity contribution in [3.63, 3.8) is 0 Å². The number of amides is 2. The maximum Gasteiger partial charge on any atom is 0.323 e. The molecule has 0 aliphatic carbocycles. The Morgan fingerprint density at radius 3 is 2.33 bits per heavy atom. The van der Waals surface area contributed by atoms with Gasteiger partial charge in [-0.2, -0.15) is 0 Å². The molecule has 0 saturated carbocycles. The van der Waals surface area contributed by atoms with Crippen LogP contribution in [0.3, 0.4) is 0 Å². The Morgan fingerprint density at radius 2 is 1.67 bits per heavy atom. The molecule has 0 aliphatic rings. The van der Waals surface area contributed by atoms with E-state index in [1.807, 2.05) is 49.4 Å². The topological polar surface area (TPSA) is 41.1 Å². The smallest absolute Gasteiger partial charge is 0.308 e. The first kappa shape index (κ1) is 12.5.